The van der Waals surface area contributed by atoms with Gasteiger partial charge in [-0.2, -0.15) is 0 Å². The van der Waals surface area contributed by atoms with Crippen molar-refractivity contribution in [3.05, 3.63) is 72.2 Å². The first-order valence-electron chi connectivity index (χ1n) is 11.1. The van der Waals surface area contributed by atoms with Gasteiger partial charge in [-0.3, -0.25) is 9.69 Å². The quantitative estimate of drug-likeness (QED) is 0.644. The van der Waals surface area contributed by atoms with Crippen molar-refractivity contribution in [3.63, 3.8) is 0 Å². The lowest BCUT2D eigenvalue weighted by Crippen LogP contribution is -2.48. The average molecular weight is 430 g/mol. The molecule has 0 atom stereocenters. The number of nitrogens with zero attached hydrogens (tertiary/aromatic N) is 6. The smallest absolute Gasteiger partial charge is 0.262 e. The molecule has 4 heterocycles. The van der Waals surface area contributed by atoms with Crippen molar-refractivity contribution in [1.29, 1.82) is 0 Å². The molecular formula is C24H27N7O. The number of carbonyl (C=O) groups is 1. The summed E-state index contributed by atoms with van der Waals surface area (Å²) in [5.74, 6) is 1.45. The van der Waals surface area contributed by atoms with E-state index in [1.165, 1.54) is 5.56 Å². The minimum absolute atomic E-state index is 0.00188. The second kappa shape index (κ2) is 9.32. The van der Waals surface area contributed by atoms with Crippen molar-refractivity contribution in [2.24, 2.45) is 0 Å². The van der Waals surface area contributed by atoms with Crippen LogP contribution >= 0.6 is 0 Å². The van der Waals surface area contributed by atoms with Crippen LogP contribution in [0.3, 0.4) is 0 Å². The molecule has 0 bridgehead atoms. The number of benzene rings is 1. The molecule has 8 heteroatoms. The first kappa shape index (κ1) is 20.4. The van der Waals surface area contributed by atoms with Gasteiger partial charge in [0, 0.05) is 70.1 Å². The Kier molecular flexibility index (Phi) is 5.93. The molecule has 1 N–H and O–H groups in total. The maximum atomic E-state index is 13.3. The fourth-order valence-electron chi connectivity index (χ4n) is 4.37. The Balaban J connectivity index is 1.17. The Morgan fingerprint density at radius 1 is 0.875 bits per heavy atom. The summed E-state index contributed by atoms with van der Waals surface area (Å²) in [6, 6.07) is 13.6. The lowest BCUT2D eigenvalue weighted by molar-refractivity contribution is 0.0990. The Morgan fingerprint density at radius 3 is 2.50 bits per heavy atom. The van der Waals surface area contributed by atoms with Crippen LogP contribution in [0.5, 0.6) is 0 Å². The molecule has 0 aliphatic carbocycles. The number of anilines is 3. The monoisotopic (exact) mass is 429 g/mol. The van der Waals surface area contributed by atoms with E-state index >= 15 is 0 Å². The molecule has 0 unspecified atom stereocenters. The summed E-state index contributed by atoms with van der Waals surface area (Å²) in [4.78, 5) is 32.9. The van der Waals surface area contributed by atoms with Crippen molar-refractivity contribution in [2.75, 3.05) is 60.9 Å². The van der Waals surface area contributed by atoms with Crippen LogP contribution in [0, 0.1) is 0 Å². The number of amides is 1. The lowest BCUT2D eigenvalue weighted by atomic mass is 10.1. The van der Waals surface area contributed by atoms with Crippen molar-refractivity contribution >= 4 is 23.4 Å². The van der Waals surface area contributed by atoms with Crippen LogP contribution in [-0.2, 0) is 6.42 Å². The highest BCUT2D eigenvalue weighted by molar-refractivity contribution is 6.10. The molecule has 164 valence electrons. The van der Waals surface area contributed by atoms with Crippen molar-refractivity contribution in [2.45, 2.75) is 6.42 Å². The Morgan fingerprint density at radius 2 is 1.66 bits per heavy atom. The number of rotatable bonds is 6. The van der Waals surface area contributed by atoms with Gasteiger partial charge in [0.1, 0.15) is 5.82 Å². The Labute approximate surface area is 187 Å². The van der Waals surface area contributed by atoms with E-state index < -0.39 is 0 Å². The third kappa shape index (κ3) is 4.27. The third-order valence-electron chi connectivity index (χ3n) is 6.10. The topological polar surface area (TPSA) is 77.5 Å². The fraction of sp³-hybridized carbons (Fsp3) is 0.333. The lowest BCUT2D eigenvalue weighted by Gasteiger charge is -2.34. The van der Waals surface area contributed by atoms with E-state index in [2.05, 4.69) is 36.1 Å². The summed E-state index contributed by atoms with van der Waals surface area (Å²) in [7, 11) is 0. The summed E-state index contributed by atoms with van der Waals surface area (Å²) >= 11 is 0. The molecule has 2 aliphatic rings. The second-order valence-corrected chi connectivity index (χ2v) is 8.04. The number of carbonyl (C=O) groups excluding carboxylic acids is 1. The summed E-state index contributed by atoms with van der Waals surface area (Å²) in [6.07, 6.45) is 6.19. The maximum absolute atomic E-state index is 13.3. The largest absolute Gasteiger partial charge is 0.368 e. The van der Waals surface area contributed by atoms with E-state index in [1.807, 2.05) is 41.3 Å². The van der Waals surface area contributed by atoms with E-state index in [0.717, 1.165) is 57.3 Å². The number of hydrogen-bond acceptors (Lipinski definition) is 7. The van der Waals surface area contributed by atoms with E-state index in [4.69, 9.17) is 0 Å². The number of piperazine rings is 1. The van der Waals surface area contributed by atoms with Crippen LogP contribution in [0.4, 0.5) is 17.5 Å². The number of pyridine rings is 1. The zero-order valence-corrected chi connectivity index (χ0v) is 18.0. The molecule has 32 heavy (non-hydrogen) atoms. The zero-order valence-electron chi connectivity index (χ0n) is 18.0. The normalized spacial score (nSPS) is 16.1. The fourth-order valence-corrected chi connectivity index (χ4v) is 4.37. The van der Waals surface area contributed by atoms with Crippen LogP contribution in [0.15, 0.2) is 61.1 Å². The molecule has 2 aliphatic heterocycles. The number of para-hydroxylation sites is 1. The summed E-state index contributed by atoms with van der Waals surface area (Å²) in [6.45, 7) is 6.06. The van der Waals surface area contributed by atoms with Gasteiger partial charge in [-0.05, 0) is 36.2 Å². The number of nitrogens with one attached hydrogen (secondary N) is 1. The zero-order chi connectivity index (χ0) is 21.8. The van der Waals surface area contributed by atoms with Crippen molar-refractivity contribution in [3.8, 4) is 0 Å². The summed E-state index contributed by atoms with van der Waals surface area (Å²) < 4.78 is 0. The highest BCUT2D eigenvalue weighted by atomic mass is 16.2. The van der Waals surface area contributed by atoms with Crippen LogP contribution in [-0.4, -0.2) is 71.6 Å². The highest BCUT2D eigenvalue weighted by Crippen LogP contribution is 2.29. The molecule has 0 radical (unpaired) electrons. The molecule has 5 rings (SSSR count). The average Bonchev–Trinajstić information content (AvgIpc) is 3.29. The number of fused-ring (bicyclic) bond motifs is 1. The molecule has 1 fully saturated rings. The molecule has 1 amide bonds. The van der Waals surface area contributed by atoms with E-state index in [1.54, 1.807) is 18.6 Å². The molecule has 1 saturated heterocycles. The number of aromatic nitrogens is 3. The molecule has 3 aromatic rings. The van der Waals surface area contributed by atoms with Gasteiger partial charge in [-0.25, -0.2) is 15.0 Å². The van der Waals surface area contributed by atoms with E-state index in [-0.39, 0.29) is 5.91 Å². The van der Waals surface area contributed by atoms with E-state index in [0.29, 0.717) is 17.9 Å². The highest BCUT2D eigenvalue weighted by Gasteiger charge is 2.27. The van der Waals surface area contributed by atoms with Gasteiger partial charge in [0.05, 0.1) is 5.56 Å². The van der Waals surface area contributed by atoms with Crippen LogP contribution < -0.4 is 15.1 Å². The SMILES string of the molecule is O=C(c1cccnc1NCCN1CCN(c2ncccn2)CC1)N1CCc2ccccc21. The van der Waals surface area contributed by atoms with Crippen molar-refractivity contribution in [1.82, 2.24) is 19.9 Å². The molecule has 8 nitrogen and oxygen atoms in total. The first-order chi connectivity index (χ1) is 15.8. The first-order valence-corrected chi connectivity index (χ1v) is 11.1. The van der Waals surface area contributed by atoms with Crippen LogP contribution in [0.25, 0.3) is 0 Å². The molecule has 0 saturated carbocycles. The Hall–Kier alpha value is -3.52. The van der Waals surface area contributed by atoms with Gasteiger partial charge in [0.2, 0.25) is 5.95 Å². The third-order valence-corrected chi connectivity index (χ3v) is 6.10. The van der Waals surface area contributed by atoms with Crippen LogP contribution in [0.2, 0.25) is 0 Å². The predicted octanol–water partition coefficient (Wildman–Crippen LogP) is 2.31. The van der Waals surface area contributed by atoms with Crippen molar-refractivity contribution < 1.29 is 4.79 Å². The minimum Gasteiger partial charge on any atom is -0.368 e. The Bertz CT molecular complexity index is 1070. The molecule has 1 aromatic carbocycles. The molecule has 0 spiro atoms. The maximum Gasteiger partial charge on any atom is 0.262 e. The number of hydrogen-bond donors (Lipinski definition) is 1. The predicted molar refractivity (Wildman–Crippen MR) is 125 cm³/mol. The van der Waals surface area contributed by atoms with Crippen LogP contribution in [0.1, 0.15) is 15.9 Å². The van der Waals surface area contributed by atoms with Gasteiger partial charge in [-0.1, -0.05) is 18.2 Å². The standard InChI is InChI=1S/C24H27N7O/c32-23(31-13-8-19-5-1-2-7-21(19)31)20-6-3-9-25-22(20)26-12-14-29-15-17-30(18-16-29)24-27-10-4-11-28-24/h1-7,9-11H,8,12-18H2,(H,25,26). The molecular weight excluding hydrogens is 402 g/mol. The van der Waals surface area contributed by atoms with Gasteiger partial charge < -0.3 is 15.1 Å². The minimum atomic E-state index is 0.00188. The summed E-state index contributed by atoms with van der Waals surface area (Å²) in [5.41, 5.74) is 2.85. The molecule has 2 aromatic heterocycles. The van der Waals surface area contributed by atoms with Gasteiger partial charge >= 0.3 is 0 Å². The van der Waals surface area contributed by atoms with Gasteiger partial charge in [0.25, 0.3) is 5.91 Å². The van der Waals surface area contributed by atoms with Gasteiger partial charge in [0.15, 0.2) is 0 Å². The van der Waals surface area contributed by atoms with Gasteiger partial charge in [-0.15, -0.1) is 0 Å². The summed E-state index contributed by atoms with van der Waals surface area (Å²) in [5, 5.41) is 3.39. The second-order valence-electron chi connectivity index (χ2n) is 8.04. The van der Waals surface area contributed by atoms with E-state index in [9.17, 15) is 4.79 Å².